The van der Waals surface area contributed by atoms with Gasteiger partial charge in [0.05, 0.1) is 22.8 Å². The van der Waals surface area contributed by atoms with Crippen LogP contribution in [0.15, 0.2) is 36.5 Å². The van der Waals surface area contributed by atoms with E-state index >= 15 is 0 Å². The number of carbonyl (C=O) groups is 1. The van der Waals surface area contributed by atoms with Crippen molar-refractivity contribution in [2.24, 2.45) is 0 Å². The van der Waals surface area contributed by atoms with Gasteiger partial charge in [-0.2, -0.15) is 26.3 Å². The van der Waals surface area contributed by atoms with E-state index in [-0.39, 0.29) is 10.7 Å². The first-order valence-corrected chi connectivity index (χ1v) is 9.26. The molecular weight excluding hydrogens is 432 g/mol. The van der Waals surface area contributed by atoms with E-state index in [2.05, 4.69) is 10.3 Å². The lowest BCUT2D eigenvalue weighted by atomic mass is 10.2. The molecule has 0 aliphatic carbocycles. The molecule has 7 nitrogen and oxygen atoms in total. The SMILES string of the molecule is O=C(Nc1ccc(Cl)cc1)NS(=O)(=O)NCc1ncc(C(F)(F)F)cc1Cl. The van der Waals surface area contributed by atoms with E-state index in [1.54, 1.807) is 4.72 Å². The summed E-state index contributed by atoms with van der Waals surface area (Å²) in [7, 11) is -4.32. The van der Waals surface area contributed by atoms with Gasteiger partial charge in [-0.25, -0.2) is 9.52 Å². The van der Waals surface area contributed by atoms with Crippen molar-refractivity contribution in [3.63, 3.8) is 0 Å². The number of urea groups is 1. The lowest BCUT2D eigenvalue weighted by Gasteiger charge is -2.11. The normalized spacial score (nSPS) is 11.9. The van der Waals surface area contributed by atoms with Crippen LogP contribution in [0.25, 0.3) is 0 Å². The molecule has 0 saturated heterocycles. The van der Waals surface area contributed by atoms with E-state index in [9.17, 15) is 26.4 Å². The zero-order chi connectivity index (χ0) is 20.2. The second-order valence-corrected chi connectivity index (χ2v) is 7.38. The largest absolute Gasteiger partial charge is 0.417 e. The molecule has 1 heterocycles. The molecule has 0 fully saturated rings. The summed E-state index contributed by atoms with van der Waals surface area (Å²) in [5.41, 5.74) is -0.924. The molecule has 27 heavy (non-hydrogen) atoms. The maximum atomic E-state index is 12.5. The van der Waals surface area contributed by atoms with E-state index < -0.39 is 34.5 Å². The summed E-state index contributed by atoms with van der Waals surface area (Å²) in [5, 5.41) is 2.31. The highest BCUT2D eigenvalue weighted by Crippen LogP contribution is 2.31. The molecule has 2 amide bonds. The van der Waals surface area contributed by atoms with Crippen molar-refractivity contribution in [2.45, 2.75) is 12.7 Å². The van der Waals surface area contributed by atoms with Crippen molar-refractivity contribution in [3.05, 3.63) is 57.8 Å². The molecule has 13 heteroatoms. The van der Waals surface area contributed by atoms with Crippen LogP contribution in [0.2, 0.25) is 10.0 Å². The number of amides is 2. The van der Waals surface area contributed by atoms with Gasteiger partial charge < -0.3 is 5.32 Å². The summed E-state index contributed by atoms with van der Waals surface area (Å²) in [6.45, 7) is -0.527. The Morgan fingerprint density at radius 1 is 1.15 bits per heavy atom. The average Bonchev–Trinajstić information content (AvgIpc) is 2.54. The number of rotatable bonds is 5. The predicted molar refractivity (Wildman–Crippen MR) is 93.6 cm³/mol. The Hall–Kier alpha value is -2.08. The van der Waals surface area contributed by atoms with Crippen LogP contribution in [-0.2, 0) is 22.9 Å². The molecule has 0 unspecified atom stereocenters. The highest BCUT2D eigenvalue weighted by Gasteiger charge is 2.31. The molecule has 2 aromatic rings. The van der Waals surface area contributed by atoms with Gasteiger partial charge in [-0.3, -0.25) is 4.98 Å². The number of nitrogens with zero attached hydrogens (tertiary/aromatic N) is 1. The summed E-state index contributed by atoms with van der Waals surface area (Å²) in [6, 6.07) is 5.45. The standard InChI is InChI=1S/C14H11Cl2F3N4O3S/c15-9-1-3-10(4-2-9)22-13(24)23-27(25,26)21-7-12-11(16)5-8(6-20-12)14(17,18)19/h1-6,21H,7H2,(H2,22,23,24). The maximum Gasteiger partial charge on any atom is 0.417 e. The minimum Gasteiger partial charge on any atom is -0.307 e. The van der Waals surface area contributed by atoms with Gasteiger partial charge in [0.25, 0.3) is 0 Å². The van der Waals surface area contributed by atoms with Gasteiger partial charge >= 0.3 is 22.4 Å². The highest BCUT2D eigenvalue weighted by atomic mass is 35.5. The zero-order valence-corrected chi connectivity index (χ0v) is 15.5. The van der Waals surface area contributed by atoms with E-state index in [0.29, 0.717) is 23.0 Å². The van der Waals surface area contributed by atoms with Gasteiger partial charge in [-0.05, 0) is 30.3 Å². The number of hydrogen-bond acceptors (Lipinski definition) is 4. The number of aromatic nitrogens is 1. The van der Waals surface area contributed by atoms with Gasteiger partial charge in [0.1, 0.15) is 0 Å². The zero-order valence-electron chi connectivity index (χ0n) is 13.1. The molecule has 146 valence electrons. The molecule has 0 aliphatic heterocycles. The molecule has 0 radical (unpaired) electrons. The molecule has 0 saturated carbocycles. The number of nitrogens with one attached hydrogen (secondary N) is 3. The minimum absolute atomic E-state index is 0.145. The molecule has 0 spiro atoms. The van der Waals surface area contributed by atoms with Crippen LogP contribution in [-0.4, -0.2) is 19.4 Å². The summed E-state index contributed by atoms with van der Waals surface area (Å²) in [5.74, 6) is 0. The fourth-order valence-corrected chi connectivity index (χ4v) is 2.82. The summed E-state index contributed by atoms with van der Waals surface area (Å²) >= 11 is 11.4. The lowest BCUT2D eigenvalue weighted by molar-refractivity contribution is -0.137. The first-order chi connectivity index (χ1) is 12.5. The summed E-state index contributed by atoms with van der Waals surface area (Å²) in [6.07, 6.45) is -4.10. The Morgan fingerprint density at radius 3 is 2.33 bits per heavy atom. The van der Waals surface area contributed by atoms with Crippen LogP contribution in [0.4, 0.5) is 23.7 Å². The van der Waals surface area contributed by atoms with Gasteiger partial charge in [-0.15, -0.1) is 0 Å². The Morgan fingerprint density at radius 2 is 1.78 bits per heavy atom. The number of benzene rings is 1. The summed E-state index contributed by atoms with van der Waals surface area (Å²) < 4.78 is 64.9. The van der Waals surface area contributed by atoms with Crippen molar-refractivity contribution < 1.29 is 26.4 Å². The minimum atomic E-state index is -4.63. The Balaban J connectivity index is 1.96. The second-order valence-electron chi connectivity index (χ2n) is 5.04. The van der Waals surface area contributed by atoms with Crippen LogP contribution >= 0.6 is 23.2 Å². The van der Waals surface area contributed by atoms with E-state index in [1.807, 2.05) is 4.72 Å². The van der Waals surface area contributed by atoms with Crippen molar-refractivity contribution in [2.75, 3.05) is 5.32 Å². The topological polar surface area (TPSA) is 100 Å². The van der Waals surface area contributed by atoms with Crippen LogP contribution < -0.4 is 14.8 Å². The van der Waals surface area contributed by atoms with E-state index in [0.717, 1.165) is 0 Å². The predicted octanol–water partition coefficient (Wildman–Crippen LogP) is 3.56. The van der Waals surface area contributed by atoms with Gasteiger partial charge in [0.15, 0.2) is 0 Å². The van der Waals surface area contributed by atoms with Crippen LogP contribution in [0.3, 0.4) is 0 Å². The molecule has 1 aromatic carbocycles. The number of carbonyl (C=O) groups excluding carboxylic acids is 1. The quantitative estimate of drug-likeness (QED) is 0.658. The Kier molecular flexibility index (Phi) is 6.52. The van der Waals surface area contributed by atoms with Crippen LogP contribution in [0.1, 0.15) is 11.3 Å². The molecule has 0 atom stereocenters. The number of alkyl halides is 3. The van der Waals surface area contributed by atoms with Gasteiger partial charge in [-0.1, -0.05) is 23.2 Å². The lowest BCUT2D eigenvalue weighted by Crippen LogP contribution is -2.42. The van der Waals surface area contributed by atoms with E-state index in [1.165, 1.54) is 24.3 Å². The number of pyridine rings is 1. The molecular formula is C14H11Cl2F3N4O3S. The maximum absolute atomic E-state index is 12.5. The number of anilines is 1. The average molecular weight is 443 g/mol. The fraction of sp³-hybridized carbons (Fsp3) is 0.143. The number of halogens is 5. The third-order valence-electron chi connectivity index (χ3n) is 3.00. The highest BCUT2D eigenvalue weighted by molar-refractivity contribution is 7.88. The molecule has 1 aromatic heterocycles. The van der Waals surface area contributed by atoms with E-state index in [4.69, 9.17) is 23.2 Å². The van der Waals surface area contributed by atoms with Crippen molar-refractivity contribution in [3.8, 4) is 0 Å². The Labute approximate surface area is 162 Å². The van der Waals surface area contributed by atoms with Gasteiger partial charge in [0, 0.05) is 16.9 Å². The molecule has 0 aliphatic rings. The third-order valence-corrected chi connectivity index (χ3v) is 4.56. The first-order valence-electron chi connectivity index (χ1n) is 7.02. The smallest absolute Gasteiger partial charge is 0.307 e. The number of hydrogen-bond donors (Lipinski definition) is 3. The van der Waals surface area contributed by atoms with Crippen molar-refractivity contribution in [1.82, 2.24) is 14.4 Å². The van der Waals surface area contributed by atoms with Crippen LogP contribution in [0, 0.1) is 0 Å². The monoisotopic (exact) mass is 442 g/mol. The summed E-state index contributed by atoms with van der Waals surface area (Å²) in [4.78, 5) is 15.2. The third kappa shape index (κ3) is 6.54. The second kappa shape index (κ2) is 8.30. The fourth-order valence-electron chi connectivity index (χ4n) is 1.76. The molecule has 2 rings (SSSR count). The first kappa shape index (κ1) is 21.2. The van der Waals surface area contributed by atoms with Crippen LogP contribution in [0.5, 0.6) is 0 Å². The Bertz CT molecular complexity index is 938. The van der Waals surface area contributed by atoms with Gasteiger partial charge in [0.2, 0.25) is 0 Å². The molecule has 3 N–H and O–H groups in total. The van der Waals surface area contributed by atoms with Crippen molar-refractivity contribution in [1.29, 1.82) is 0 Å². The molecule has 0 bridgehead atoms. The van der Waals surface area contributed by atoms with Crippen molar-refractivity contribution >= 4 is 45.1 Å².